The lowest BCUT2D eigenvalue weighted by molar-refractivity contribution is -0.345. The monoisotopic (exact) mass is 430 g/mol. The van der Waals surface area contributed by atoms with E-state index in [-0.39, 0.29) is 30.4 Å². The summed E-state index contributed by atoms with van der Waals surface area (Å²) in [5, 5.41) is 11.3. The number of aromatic nitrogens is 2. The molecule has 2 aromatic heterocycles. The van der Waals surface area contributed by atoms with Gasteiger partial charge in [0.1, 0.15) is 23.3 Å². The molecule has 2 atom stereocenters. The number of carbonyl (C=O) groups is 1. The van der Waals surface area contributed by atoms with Crippen LogP contribution in [0, 0.1) is 11.3 Å². The Morgan fingerprint density at radius 3 is 2.50 bits per heavy atom. The molecule has 0 aliphatic carbocycles. The highest BCUT2D eigenvalue weighted by Crippen LogP contribution is 2.43. The molecule has 9 heteroatoms. The number of benzene rings is 1. The second-order valence-corrected chi connectivity index (χ2v) is 8.33. The third kappa shape index (κ3) is 2.99. The number of fused-ring (bicyclic) bond motifs is 3. The summed E-state index contributed by atoms with van der Waals surface area (Å²) in [4.78, 5) is 24.4. The molecule has 1 aromatic carbocycles. The van der Waals surface area contributed by atoms with E-state index in [9.17, 15) is 10.1 Å². The SMILES string of the molecule is C[C@@H]1CN(c2[nH+]c(N)c3c(N)nc4c(c3c2C#N)CC(=O)N4c2ccccc2)C[C@H](C)O1. The van der Waals surface area contributed by atoms with E-state index in [2.05, 4.69) is 20.9 Å². The average molecular weight is 430 g/mol. The topological polar surface area (TPSA) is 136 Å². The number of nitrogens with two attached hydrogens (primary N) is 2. The Balaban J connectivity index is 1.78. The van der Waals surface area contributed by atoms with Crippen molar-refractivity contribution in [2.45, 2.75) is 32.5 Å². The van der Waals surface area contributed by atoms with Crippen LogP contribution in [0.15, 0.2) is 30.3 Å². The number of para-hydroxylation sites is 1. The zero-order valence-electron chi connectivity index (χ0n) is 17.9. The summed E-state index contributed by atoms with van der Waals surface area (Å²) < 4.78 is 5.85. The molecular weight excluding hydrogens is 406 g/mol. The fourth-order valence-corrected chi connectivity index (χ4v) is 4.80. The number of amides is 1. The number of ether oxygens (including phenoxy) is 1. The molecular formula is C23H24N7O2+. The zero-order valence-corrected chi connectivity index (χ0v) is 17.9. The number of rotatable bonds is 2. The summed E-state index contributed by atoms with van der Waals surface area (Å²) in [6.07, 6.45) is 0.111. The molecule has 5 N–H and O–H groups in total. The van der Waals surface area contributed by atoms with Gasteiger partial charge in [0.15, 0.2) is 0 Å². The van der Waals surface area contributed by atoms with Crippen LogP contribution in [0.3, 0.4) is 0 Å². The maximum Gasteiger partial charge on any atom is 0.240 e. The van der Waals surface area contributed by atoms with Gasteiger partial charge in [0.05, 0.1) is 42.8 Å². The molecule has 1 fully saturated rings. The van der Waals surface area contributed by atoms with Gasteiger partial charge in [-0.1, -0.05) is 18.2 Å². The normalized spacial score (nSPS) is 20.5. The summed E-state index contributed by atoms with van der Waals surface area (Å²) in [6.45, 7) is 5.21. The third-order valence-corrected chi connectivity index (χ3v) is 5.96. The number of hydrogen-bond donors (Lipinski definition) is 2. The van der Waals surface area contributed by atoms with E-state index in [4.69, 9.17) is 16.2 Å². The van der Waals surface area contributed by atoms with Gasteiger partial charge < -0.3 is 16.2 Å². The molecule has 0 bridgehead atoms. The standard InChI is InChI=1S/C23H23N7O2/c1-12-10-29(11-13(2)32-12)22-16(9-24)18-15-8-17(31)30(14-6-4-3-5-7-14)23(15)28-21(26)19(18)20(25)27-22/h3-7,12-13H,8,10-11H2,1-2H3,(H2,25,27)(H2,26,28)/p+1/t12-,13+. The fourth-order valence-electron chi connectivity index (χ4n) is 4.80. The van der Waals surface area contributed by atoms with Crippen LogP contribution in [-0.2, 0) is 16.0 Å². The van der Waals surface area contributed by atoms with Crippen LogP contribution in [0.1, 0.15) is 25.0 Å². The highest BCUT2D eigenvalue weighted by Gasteiger charge is 2.37. The summed E-state index contributed by atoms with van der Waals surface area (Å²) in [5.74, 6) is 1.42. The summed E-state index contributed by atoms with van der Waals surface area (Å²) in [5.41, 5.74) is 14.5. The van der Waals surface area contributed by atoms with E-state index in [1.165, 1.54) is 0 Å². The van der Waals surface area contributed by atoms with Gasteiger partial charge in [-0.15, -0.1) is 0 Å². The zero-order chi connectivity index (χ0) is 22.6. The quantitative estimate of drug-likeness (QED) is 0.634. The second-order valence-electron chi connectivity index (χ2n) is 8.33. The van der Waals surface area contributed by atoms with Crippen LogP contribution in [0.2, 0.25) is 0 Å². The average Bonchev–Trinajstić information content (AvgIpc) is 3.08. The first-order valence-electron chi connectivity index (χ1n) is 10.5. The first-order chi connectivity index (χ1) is 15.4. The van der Waals surface area contributed by atoms with Crippen molar-refractivity contribution in [3.63, 3.8) is 0 Å². The van der Waals surface area contributed by atoms with Crippen molar-refractivity contribution < 1.29 is 14.5 Å². The number of pyridine rings is 2. The molecule has 5 rings (SSSR count). The highest BCUT2D eigenvalue weighted by atomic mass is 16.5. The molecule has 3 aromatic rings. The largest absolute Gasteiger partial charge is 0.383 e. The molecule has 1 saturated heterocycles. The fraction of sp³-hybridized carbons (Fsp3) is 0.304. The van der Waals surface area contributed by atoms with Gasteiger partial charge in [-0.2, -0.15) is 5.26 Å². The Kier molecular flexibility index (Phi) is 4.60. The number of morpholine rings is 1. The minimum atomic E-state index is -0.129. The van der Waals surface area contributed by atoms with Gasteiger partial charge in [0.2, 0.25) is 17.5 Å². The Morgan fingerprint density at radius 1 is 1.16 bits per heavy atom. The van der Waals surface area contributed by atoms with Crippen molar-refractivity contribution in [2.24, 2.45) is 0 Å². The Hall–Kier alpha value is -3.90. The molecule has 9 nitrogen and oxygen atoms in total. The minimum Gasteiger partial charge on any atom is -0.383 e. The number of H-pyrrole nitrogens is 1. The lowest BCUT2D eigenvalue weighted by Gasteiger charge is -2.33. The number of anilines is 5. The molecule has 2 aliphatic heterocycles. The van der Waals surface area contributed by atoms with Crippen molar-refractivity contribution in [3.8, 4) is 6.07 Å². The van der Waals surface area contributed by atoms with E-state index in [1.807, 2.05) is 44.2 Å². The van der Waals surface area contributed by atoms with Crippen molar-refractivity contribution in [1.82, 2.24) is 4.98 Å². The number of nitrogen functional groups attached to an aromatic ring is 2. The van der Waals surface area contributed by atoms with Crippen LogP contribution in [0.25, 0.3) is 10.8 Å². The maximum absolute atomic E-state index is 13.0. The van der Waals surface area contributed by atoms with Crippen LogP contribution in [0.5, 0.6) is 0 Å². The van der Waals surface area contributed by atoms with Crippen molar-refractivity contribution in [1.29, 1.82) is 5.26 Å². The molecule has 0 spiro atoms. The molecule has 0 unspecified atom stereocenters. The molecule has 162 valence electrons. The van der Waals surface area contributed by atoms with Crippen molar-refractivity contribution in [2.75, 3.05) is 34.4 Å². The number of nitrogens with zero attached hydrogens (tertiary/aromatic N) is 4. The lowest BCUT2D eigenvalue weighted by Crippen LogP contribution is -2.48. The van der Waals surface area contributed by atoms with Crippen molar-refractivity contribution >= 4 is 45.6 Å². The van der Waals surface area contributed by atoms with Crippen LogP contribution in [0.4, 0.5) is 29.0 Å². The minimum absolute atomic E-state index is 0.000936. The molecule has 4 heterocycles. The summed E-state index contributed by atoms with van der Waals surface area (Å²) in [6, 6.07) is 11.6. The van der Waals surface area contributed by atoms with E-state index in [0.717, 1.165) is 0 Å². The predicted molar refractivity (Wildman–Crippen MR) is 121 cm³/mol. The lowest BCUT2D eigenvalue weighted by atomic mass is 10.00. The number of nitrogens with one attached hydrogen (secondary N) is 1. The van der Waals surface area contributed by atoms with Crippen LogP contribution in [-0.4, -0.2) is 36.2 Å². The molecule has 2 aliphatic rings. The Bertz CT molecular complexity index is 1280. The van der Waals surface area contributed by atoms with Gasteiger partial charge in [-0.05, 0) is 26.0 Å². The number of hydrogen-bond acceptors (Lipinski definition) is 7. The third-order valence-electron chi connectivity index (χ3n) is 5.96. The predicted octanol–water partition coefficient (Wildman–Crippen LogP) is 1.92. The molecule has 0 radical (unpaired) electrons. The van der Waals surface area contributed by atoms with Gasteiger partial charge >= 0.3 is 0 Å². The Labute approximate surface area is 185 Å². The highest BCUT2D eigenvalue weighted by molar-refractivity contribution is 6.15. The second kappa shape index (κ2) is 7.35. The summed E-state index contributed by atoms with van der Waals surface area (Å²) >= 11 is 0. The maximum atomic E-state index is 13.0. The molecule has 1 amide bonds. The smallest absolute Gasteiger partial charge is 0.240 e. The van der Waals surface area contributed by atoms with E-state index >= 15 is 0 Å². The summed E-state index contributed by atoms with van der Waals surface area (Å²) in [7, 11) is 0. The molecule has 0 saturated carbocycles. The van der Waals surface area contributed by atoms with Crippen molar-refractivity contribution in [3.05, 3.63) is 41.5 Å². The van der Waals surface area contributed by atoms with Gasteiger partial charge in [0.25, 0.3) is 0 Å². The molecule has 32 heavy (non-hydrogen) atoms. The first-order valence-corrected chi connectivity index (χ1v) is 10.5. The van der Waals surface area contributed by atoms with E-state index in [1.54, 1.807) is 4.90 Å². The van der Waals surface area contributed by atoms with Gasteiger partial charge in [-0.3, -0.25) is 14.6 Å². The number of aromatic amines is 1. The van der Waals surface area contributed by atoms with Crippen LogP contribution >= 0.6 is 0 Å². The van der Waals surface area contributed by atoms with E-state index in [0.29, 0.717) is 58.1 Å². The van der Waals surface area contributed by atoms with Crippen LogP contribution < -0.4 is 26.3 Å². The number of nitriles is 1. The first kappa shape index (κ1) is 20.0. The van der Waals surface area contributed by atoms with Gasteiger partial charge in [0, 0.05) is 10.9 Å². The van der Waals surface area contributed by atoms with E-state index < -0.39 is 0 Å². The van der Waals surface area contributed by atoms with Gasteiger partial charge in [-0.25, -0.2) is 9.97 Å². The Morgan fingerprint density at radius 2 is 1.84 bits per heavy atom. The number of carbonyl (C=O) groups excluding carboxylic acids is 1.